The predicted octanol–water partition coefficient (Wildman–Crippen LogP) is 4.95. The molecule has 0 bridgehead atoms. The van der Waals surface area contributed by atoms with Crippen molar-refractivity contribution in [2.24, 2.45) is 0 Å². The van der Waals surface area contributed by atoms with Crippen LogP contribution in [-0.2, 0) is 6.18 Å². The Balaban J connectivity index is 1.94. The Hall–Kier alpha value is -4.42. The largest absolute Gasteiger partial charge is 0.468 e. The molecule has 0 unspecified atom stereocenters. The van der Waals surface area contributed by atoms with Crippen molar-refractivity contribution < 1.29 is 31.1 Å². The van der Waals surface area contributed by atoms with Crippen molar-refractivity contribution in [1.82, 2.24) is 19.9 Å². The molecular weight excluding hydrogens is 504 g/mol. The molecule has 1 aliphatic rings. The first kappa shape index (κ1) is 25.7. The van der Waals surface area contributed by atoms with Crippen LogP contribution in [0.2, 0.25) is 0 Å². The highest BCUT2D eigenvalue weighted by atomic mass is 19.4. The number of hydrogen-bond acceptors (Lipinski definition) is 6. The van der Waals surface area contributed by atoms with E-state index in [4.69, 9.17) is 10.1 Å². The second-order valence-electron chi connectivity index (χ2n) is 7.80. The lowest BCUT2D eigenvalue weighted by atomic mass is 10.0. The Kier molecular flexibility index (Phi) is 6.63. The molecule has 3 heterocycles. The lowest BCUT2D eigenvalue weighted by Gasteiger charge is -2.17. The first-order valence-corrected chi connectivity index (χ1v) is 10.5. The number of hydrogen-bond donors (Lipinski definition) is 2. The average Bonchev–Trinajstić information content (AvgIpc) is 2.83. The molecular formula is C24H17F6N5O2. The van der Waals surface area contributed by atoms with Gasteiger partial charge in [0.15, 0.2) is 6.61 Å². The number of allylic oxidation sites excluding steroid dienone is 5. The molecule has 13 heteroatoms. The maximum atomic E-state index is 13.6. The zero-order valence-electron chi connectivity index (χ0n) is 18.9. The molecule has 3 aromatic rings. The topological polar surface area (TPSA) is 92.9 Å². The van der Waals surface area contributed by atoms with Gasteiger partial charge in [-0.15, -0.1) is 0 Å². The fourth-order valence-corrected chi connectivity index (χ4v) is 3.55. The Bertz CT molecular complexity index is 1520. The quantitative estimate of drug-likeness (QED) is 0.464. The van der Waals surface area contributed by atoms with Crippen LogP contribution in [0.25, 0.3) is 27.7 Å². The van der Waals surface area contributed by atoms with E-state index in [9.17, 15) is 31.1 Å². The molecule has 7 nitrogen and oxygen atoms in total. The summed E-state index contributed by atoms with van der Waals surface area (Å²) in [5, 5.41) is 11.1. The number of nitrogens with one attached hydrogen (secondary N) is 2. The van der Waals surface area contributed by atoms with E-state index in [-0.39, 0.29) is 22.4 Å². The summed E-state index contributed by atoms with van der Waals surface area (Å²) in [7, 11) is 1.63. The molecule has 1 aliphatic carbocycles. The van der Waals surface area contributed by atoms with Gasteiger partial charge in [-0.25, -0.2) is 4.98 Å². The summed E-state index contributed by atoms with van der Waals surface area (Å²) in [6.07, 6.45) is -1.05. The van der Waals surface area contributed by atoms with Gasteiger partial charge in [0.1, 0.15) is 5.69 Å². The Morgan fingerprint density at radius 1 is 1.11 bits per heavy atom. The summed E-state index contributed by atoms with van der Waals surface area (Å²) in [5.74, 6) is -0.424. The summed E-state index contributed by atoms with van der Waals surface area (Å²) in [4.78, 5) is 21.1. The van der Waals surface area contributed by atoms with Gasteiger partial charge in [-0.05, 0) is 30.4 Å². The number of aromatic nitrogens is 3. The van der Waals surface area contributed by atoms with Crippen LogP contribution in [-0.4, -0.2) is 40.1 Å². The minimum Gasteiger partial charge on any atom is -0.468 e. The normalized spacial score (nSPS) is 15.3. The molecule has 0 radical (unpaired) electrons. The summed E-state index contributed by atoms with van der Waals surface area (Å²) in [6.45, 7) is -1.62. The number of fused-ring (bicyclic) bond motifs is 1. The number of halogens is 6. The summed E-state index contributed by atoms with van der Waals surface area (Å²) >= 11 is 0. The van der Waals surface area contributed by atoms with Gasteiger partial charge < -0.3 is 15.5 Å². The number of pyridine rings is 3. The van der Waals surface area contributed by atoms with E-state index in [1.807, 2.05) is 0 Å². The summed E-state index contributed by atoms with van der Waals surface area (Å²) in [5.41, 5.74) is -1.24. The molecule has 0 amide bonds. The van der Waals surface area contributed by atoms with Crippen molar-refractivity contribution in [2.75, 3.05) is 13.7 Å². The molecule has 0 spiro atoms. The summed E-state index contributed by atoms with van der Waals surface area (Å²) < 4.78 is 82.9. The fraction of sp³-hybridized carbons (Fsp3) is 0.167. The van der Waals surface area contributed by atoms with Crippen molar-refractivity contribution >= 4 is 22.3 Å². The molecule has 0 aromatic carbocycles. The zero-order chi connectivity index (χ0) is 27.0. The number of rotatable bonds is 5. The lowest BCUT2D eigenvalue weighted by Crippen LogP contribution is -2.23. The van der Waals surface area contributed by atoms with E-state index >= 15 is 0 Å². The zero-order valence-corrected chi connectivity index (χ0v) is 18.9. The van der Waals surface area contributed by atoms with Crippen molar-refractivity contribution in [3.05, 3.63) is 82.7 Å². The highest BCUT2D eigenvalue weighted by molar-refractivity contribution is 6.12. The number of ether oxygens (including phenoxy) is 1. The average molecular weight is 521 g/mol. The van der Waals surface area contributed by atoms with E-state index in [1.54, 1.807) is 19.3 Å². The van der Waals surface area contributed by atoms with E-state index < -0.39 is 36.1 Å². The number of alkyl halides is 6. The van der Waals surface area contributed by atoms with Gasteiger partial charge in [0.25, 0.3) is 5.56 Å². The highest BCUT2D eigenvalue weighted by Crippen LogP contribution is 2.31. The van der Waals surface area contributed by atoms with Gasteiger partial charge in [-0.1, -0.05) is 6.07 Å². The van der Waals surface area contributed by atoms with Crippen molar-refractivity contribution in [2.45, 2.75) is 12.4 Å². The van der Waals surface area contributed by atoms with Crippen LogP contribution in [0.3, 0.4) is 0 Å². The number of nitrogens with zero attached hydrogens (tertiary/aromatic N) is 3. The first-order valence-electron chi connectivity index (χ1n) is 10.5. The third kappa shape index (κ3) is 5.55. The molecule has 0 saturated carbocycles. The Morgan fingerprint density at radius 2 is 1.86 bits per heavy atom. The van der Waals surface area contributed by atoms with Gasteiger partial charge in [-0.3, -0.25) is 14.3 Å². The van der Waals surface area contributed by atoms with Crippen molar-refractivity contribution in [3.63, 3.8) is 0 Å². The second kappa shape index (κ2) is 9.56. The molecule has 4 rings (SSSR count). The van der Waals surface area contributed by atoms with Gasteiger partial charge in [0.05, 0.1) is 16.8 Å². The SMILES string of the molecule is CN/C=C1/C=C(n2cc3ccc(OCC(F)(F)F)nc3c(-c3ccc(C(F)(F)F)nc3)c2=O)C=CC1=N. The van der Waals surface area contributed by atoms with E-state index in [2.05, 4.69) is 15.3 Å². The standard InChI is InChI=1S/C24H17F6N5O2/c1-32-9-15-8-16(4-5-17(15)31)35-11-14-3-7-19(37-12-23(25,26)27)34-21(14)20(22(35)36)13-2-6-18(33-10-13)24(28,29)30/h2-11,31-32H,12H2,1H3/b15-9-,31-17?. The molecule has 0 atom stereocenters. The molecule has 37 heavy (non-hydrogen) atoms. The van der Waals surface area contributed by atoms with Gasteiger partial charge in [0, 0.05) is 53.9 Å². The van der Waals surface area contributed by atoms with E-state index in [0.29, 0.717) is 22.7 Å². The molecule has 3 aromatic heterocycles. The fourth-order valence-electron chi connectivity index (χ4n) is 3.55. The maximum absolute atomic E-state index is 13.6. The maximum Gasteiger partial charge on any atom is 0.433 e. The smallest absolute Gasteiger partial charge is 0.433 e. The molecule has 0 saturated heterocycles. The van der Waals surface area contributed by atoms with Crippen LogP contribution in [0.15, 0.2) is 71.5 Å². The second-order valence-corrected chi connectivity index (χ2v) is 7.80. The van der Waals surface area contributed by atoms with Gasteiger partial charge in [0.2, 0.25) is 5.88 Å². The summed E-state index contributed by atoms with van der Waals surface area (Å²) in [6, 6.07) is 4.29. The van der Waals surface area contributed by atoms with E-state index in [0.717, 1.165) is 12.3 Å². The minimum atomic E-state index is -4.72. The Labute approximate surface area is 204 Å². The third-order valence-electron chi connectivity index (χ3n) is 5.18. The van der Waals surface area contributed by atoms with Crippen LogP contribution < -0.4 is 15.6 Å². The lowest BCUT2D eigenvalue weighted by molar-refractivity contribution is -0.154. The predicted molar refractivity (Wildman–Crippen MR) is 124 cm³/mol. The van der Waals surface area contributed by atoms with E-state index in [1.165, 1.54) is 35.0 Å². The van der Waals surface area contributed by atoms with Crippen LogP contribution in [0.5, 0.6) is 5.88 Å². The minimum absolute atomic E-state index is 0.0306. The van der Waals surface area contributed by atoms with Crippen LogP contribution in [0.1, 0.15) is 5.69 Å². The van der Waals surface area contributed by atoms with Crippen molar-refractivity contribution in [1.29, 1.82) is 5.41 Å². The van der Waals surface area contributed by atoms with Gasteiger partial charge in [-0.2, -0.15) is 26.3 Å². The third-order valence-corrected chi connectivity index (χ3v) is 5.18. The molecule has 0 fully saturated rings. The molecule has 0 aliphatic heterocycles. The van der Waals surface area contributed by atoms with Crippen molar-refractivity contribution in [3.8, 4) is 17.0 Å². The van der Waals surface area contributed by atoms with Crippen LogP contribution in [0.4, 0.5) is 26.3 Å². The first-order chi connectivity index (χ1) is 17.4. The van der Waals surface area contributed by atoms with Crippen LogP contribution >= 0.6 is 0 Å². The van der Waals surface area contributed by atoms with Crippen LogP contribution in [0, 0.1) is 5.41 Å². The highest BCUT2D eigenvalue weighted by Gasteiger charge is 2.32. The molecule has 2 N–H and O–H groups in total. The van der Waals surface area contributed by atoms with Gasteiger partial charge >= 0.3 is 12.4 Å². The molecule has 192 valence electrons. The monoisotopic (exact) mass is 521 g/mol. The Morgan fingerprint density at radius 3 is 2.49 bits per heavy atom.